The summed E-state index contributed by atoms with van der Waals surface area (Å²) in [6.45, 7) is 4.30. The van der Waals surface area contributed by atoms with Crippen molar-refractivity contribution in [3.05, 3.63) is 12.3 Å². The number of amides is 1. The Bertz CT molecular complexity index is 434. The summed E-state index contributed by atoms with van der Waals surface area (Å²) in [5.74, 6) is 1.46. The van der Waals surface area contributed by atoms with Crippen molar-refractivity contribution in [2.45, 2.75) is 25.8 Å². The molecule has 0 saturated carbocycles. The molecule has 0 spiro atoms. The number of unbranched alkanes of at least 4 members (excludes halogenated alkanes) is 1. The number of anilines is 2. The lowest BCUT2D eigenvalue weighted by atomic mass is 10.1. The van der Waals surface area contributed by atoms with Gasteiger partial charge in [-0.25, -0.2) is 9.78 Å². The third-order valence-electron chi connectivity index (χ3n) is 2.99. The van der Waals surface area contributed by atoms with Gasteiger partial charge in [-0.3, -0.25) is 0 Å². The Hall–Kier alpha value is -2.05. The Balaban J connectivity index is 1.84. The standard InChI is InChI=1S/C12H19N5O2/c1-2-3-5-13-11-14-6-4-10(16-11)17-7-9(8-17)15-12(18)19/h4,6,9,15H,2-3,5,7-8H2,1H3,(H,18,19)(H,13,14,16). The van der Waals surface area contributed by atoms with Crippen molar-refractivity contribution in [3.8, 4) is 0 Å². The largest absolute Gasteiger partial charge is 0.465 e. The first-order chi connectivity index (χ1) is 9.19. The van der Waals surface area contributed by atoms with Gasteiger partial charge in [0.1, 0.15) is 5.82 Å². The summed E-state index contributed by atoms with van der Waals surface area (Å²) in [6.07, 6.45) is 2.95. The highest BCUT2D eigenvalue weighted by Crippen LogP contribution is 2.18. The van der Waals surface area contributed by atoms with E-state index in [0.29, 0.717) is 19.0 Å². The maximum atomic E-state index is 10.5. The van der Waals surface area contributed by atoms with E-state index in [0.717, 1.165) is 25.2 Å². The molecule has 0 bridgehead atoms. The number of carbonyl (C=O) groups is 1. The van der Waals surface area contributed by atoms with Crippen molar-refractivity contribution in [2.75, 3.05) is 29.9 Å². The monoisotopic (exact) mass is 265 g/mol. The van der Waals surface area contributed by atoms with Crippen LogP contribution in [-0.4, -0.2) is 46.8 Å². The molecule has 104 valence electrons. The van der Waals surface area contributed by atoms with E-state index in [4.69, 9.17) is 5.11 Å². The van der Waals surface area contributed by atoms with Crippen LogP contribution in [0.3, 0.4) is 0 Å². The quantitative estimate of drug-likeness (QED) is 0.668. The maximum Gasteiger partial charge on any atom is 0.405 e. The van der Waals surface area contributed by atoms with E-state index in [-0.39, 0.29) is 6.04 Å². The van der Waals surface area contributed by atoms with E-state index < -0.39 is 6.09 Å². The normalized spacial score (nSPS) is 14.9. The van der Waals surface area contributed by atoms with E-state index in [1.807, 2.05) is 11.0 Å². The Kier molecular flexibility index (Phi) is 4.38. The molecule has 7 heteroatoms. The van der Waals surface area contributed by atoms with Crippen molar-refractivity contribution in [2.24, 2.45) is 0 Å². The molecule has 0 radical (unpaired) electrons. The van der Waals surface area contributed by atoms with Gasteiger partial charge in [0, 0.05) is 25.8 Å². The second-order valence-electron chi connectivity index (χ2n) is 4.57. The molecule has 1 fully saturated rings. The predicted octanol–water partition coefficient (Wildman–Crippen LogP) is 1.14. The van der Waals surface area contributed by atoms with Gasteiger partial charge in [0.2, 0.25) is 5.95 Å². The third kappa shape index (κ3) is 3.70. The number of aromatic nitrogens is 2. The smallest absolute Gasteiger partial charge is 0.405 e. The minimum absolute atomic E-state index is 0.0102. The minimum atomic E-state index is -0.978. The molecule has 2 rings (SSSR count). The Labute approximate surface area is 112 Å². The van der Waals surface area contributed by atoms with Gasteiger partial charge in [-0.2, -0.15) is 4.98 Å². The summed E-state index contributed by atoms with van der Waals surface area (Å²) in [6, 6.07) is 1.83. The van der Waals surface area contributed by atoms with E-state index in [9.17, 15) is 4.79 Å². The second-order valence-corrected chi connectivity index (χ2v) is 4.57. The van der Waals surface area contributed by atoms with Crippen LogP contribution in [-0.2, 0) is 0 Å². The molecule has 19 heavy (non-hydrogen) atoms. The average Bonchev–Trinajstić information content (AvgIpc) is 2.34. The molecule has 2 heterocycles. The average molecular weight is 265 g/mol. The SMILES string of the molecule is CCCCNc1nccc(N2CC(NC(=O)O)C2)n1. The van der Waals surface area contributed by atoms with Crippen LogP contribution in [0.4, 0.5) is 16.6 Å². The molecule has 1 saturated heterocycles. The van der Waals surface area contributed by atoms with Gasteiger partial charge in [0.15, 0.2) is 0 Å². The number of hydrogen-bond donors (Lipinski definition) is 3. The number of nitrogens with zero attached hydrogens (tertiary/aromatic N) is 3. The van der Waals surface area contributed by atoms with Crippen LogP contribution in [0.1, 0.15) is 19.8 Å². The highest BCUT2D eigenvalue weighted by atomic mass is 16.4. The molecule has 0 unspecified atom stereocenters. The van der Waals surface area contributed by atoms with E-state index in [1.165, 1.54) is 0 Å². The second kappa shape index (κ2) is 6.21. The van der Waals surface area contributed by atoms with Gasteiger partial charge < -0.3 is 20.6 Å². The van der Waals surface area contributed by atoms with Gasteiger partial charge in [0.25, 0.3) is 0 Å². The number of carboxylic acid groups (broad SMARTS) is 1. The lowest BCUT2D eigenvalue weighted by molar-refractivity contribution is 0.187. The van der Waals surface area contributed by atoms with Gasteiger partial charge in [0.05, 0.1) is 6.04 Å². The summed E-state index contributed by atoms with van der Waals surface area (Å²) < 4.78 is 0. The zero-order chi connectivity index (χ0) is 13.7. The van der Waals surface area contributed by atoms with E-state index in [1.54, 1.807) is 6.20 Å². The van der Waals surface area contributed by atoms with Crippen LogP contribution in [0, 0.1) is 0 Å². The highest BCUT2D eigenvalue weighted by Gasteiger charge is 2.29. The molecule has 0 aromatic carbocycles. The first kappa shape index (κ1) is 13.4. The zero-order valence-electron chi connectivity index (χ0n) is 11.0. The van der Waals surface area contributed by atoms with Gasteiger partial charge >= 0.3 is 6.09 Å². The topological polar surface area (TPSA) is 90.4 Å². The van der Waals surface area contributed by atoms with Crippen LogP contribution < -0.4 is 15.5 Å². The van der Waals surface area contributed by atoms with Gasteiger partial charge in [-0.15, -0.1) is 0 Å². The summed E-state index contributed by atoms with van der Waals surface area (Å²) in [4.78, 5) is 21.1. The molecule has 1 aromatic heterocycles. The maximum absolute atomic E-state index is 10.5. The van der Waals surface area contributed by atoms with Crippen LogP contribution in [0.5, 0.6) is 0 Å². The van der Waals surface area contributed by atoms with Crippen LogP contribution in [0.15, 0.2) is 12.3 Å². The fourth-order valence-electron chi connectivity index (χ4n) is 1.92. The van der Waals surface area contributed by atoms with Crippen molar-refractivity contribution in [3.63, 3.8) is 0 Å². The Morgan fingerprint density at radius 1 is 1.58 bits per heavy atom. The van der Waals surface area contributed by atoms with Crippen molar-refractivity contribution in [1.82, 2.24) is 15.3 Å². The fourth-order valence-corrected chi connectivity index (χ4v) is 1.92. The van der Waals surface area contributed by atoms with Gasteiger partial charge in [-0.05, 0) is 12.5 Å². The van der Waals surface area contributed by atoms with Crippen LogP contribution in [0.2, 0.25) is 0 Å². The summed E-state index contributed by atoms with van der Waals surface area (Å²) in [5.41, 5.74) is 0. The first-order valence-corrected chi connectivity index (χ1v) is 6.50. The number of hydrogen-bond acceptors (Lipinski definition) is 5. The Morgan fingerprint density at radius 3 is 3.05 bits per heavy atom. The third-order valence-corrected chi connectivity index (χ3v) is 2.99. The van der Waals surface area contributed by atoms with Gasteiger partial charge in [-0.1, -0.05) is 13.3 Å². The molecule has 1 amide bonds. The molecule has 0 aliphatic carbocycles. The summed E-state index contributed by atoms with van der Waals surface area (Å²) in [5, 5.41) is 14.2. The zero-order valence-corrected chi connectivity index (χ0v) is 11.0. The van der Waals surface area contributed by atoms with Crippen molar-refractivity contribution < 1.29 is 9.90 Å². The molecular weight excluding hydrogens is 246 g/mol. The number of rotatable bonds is 6. The fraction of sp³-hybridized carbons (Fsp3) is 0.583. The van der Waals surface area contributed by atoms with Crippen LogP contribution in [0.25, 0.3) is 0 Å². The lowest BCUT2D eigenvalue weighted by Gasteiger charge is -2.39. The molecular formula is C12H19N5O2. The van der Waals surface area contributed by atoms with E-state index >= 15 is 0 Å². The predicted molar refractivity (Wildman–Crippen MR) is 72.6 cm³/mol. The van der Waals surface area contributed by atoms with Crippen LogP contribution >= 0.6 is 0 Å². The molecule has 1 aliphatic rings. The highest BCUT2D eigenvalue weighted by molar-refractivity contribution is 5.65. The summed E-state index contributed by atoms with van der Waals surface area (Å²) >= 11 is 0. The lowest BCUT2D eigenvalue weighted by Crippen LogP contribution is -2.59. The first-order valence-electron chi connectivity index (χ1n) is 6.50. The number of nitrogens with one attached hydrogen (secondary N) is 2. The van der Waals surface area contributed by atoms with Crippen molar-refractivity contribution >= 4 is 17.9 Å². The van der Waals surface area contributed by atoms with Crippen molar-refractivity contribution in [1.29, 1.82) is 0 Å². The molecule has 1 aromatic rings. The molecule has 0 atom stereocenters. The molecule has 3 N–H and O–H groups in total. The summed E-state index contributed by atoms with van der Waals surface area (Å²) in [7, 11) is 0. The molecule has 1 aliphatic heterocycles. The minimum Gasteiger partial charge on any atom is -0.465 e. The van der Waals surface area contributed by atoms with E-state index in [2.05, 4.69) is 27.5 Å². The molecule has 7 nitrogen and oxygen atoms in total. The Morgan fingerprint density at radius 2 is 2.37 bits per heavy atom.